The molecule has 1 aliphatic heterocycles. The van der Waals surface area contributed by atoms with Crippen LogP contribution in [0.4, 0.5) is 5.82 Å². The summed E-state index contributed by atoms with van der Waals surface area (Å²) < 4.78 is 1.99. The minimum atomic E-state index is -0.0877. The molecule has 4 aromatic rings. The molecule has 2 aromatic heterocycles. The maximum Gasteiger partial charge on any atom is 0.251 e. The van der Waals surface area contributed by atoms with Crippen LogP contribution >= 0.6 is 0 Å². The number of anilines is 1. The molecule has 1 atom stereocenters. The Labute approximate surface area is 211 Å². The van der Waals surface area contributed by atoms with Gasteiger partial charge in [-0.3, -0.25) is 4.79 Å². The number of benzene rings is 2. The highest BCUT2D eigenvalue weighted by Crippen LogP contribution is 2.33. The summed E-state index contributed by atoms with van der Waals surface area (Å²) in [7, 11) is 0. The second kappa shape index (κ2) is 9.70. The Morgan fingerprint density at radius 3 is 2.53 bits per heavy atom. The van der Waals surface area contributed by atoms with Crippen LogP contribution in [-0.2, 0) is 12.0 Å². The van der Waals surface area contributed by atoms with Crippen molar-refractivity contribution in [2.45, 2.75) is 51.6 Å². The molecule has 0 bridgehead atoms. The van der Waals surface area contributed by atoms with E-state index in [2.05, 4.69) is 41.4 Å². The van der Waals surface area contributed by atoms with Gasteiger partial charge in [-0.25, -0.2) is 14.6 Å². The van der Waals surface area contributed by atoms with Crippen LogP contribution in [0.5, 0.6) is 0 Å². The van der Waals surface area contributed by atoms with E-state index in [1.165, 1.54) is 11.9 Å². The lowest BCUT2D eigenvalue weighted by atomic mass is 9.87. The second-order valence-corrected chi connectivity index (χ2v) is 10.5. The zero-order valence-electron chi connectivity index (χ0n) is 21.1. The largest absolute Gasteiger partial charge is 0.383 e. The summed E-state index contributed by atoms with van der Waals surface area (Å²) in [5.74, 6) is 0.342. The van der Waals surface area contributed by atoms with Crippen molar-refractivity contribution in [1.82, 2.24) is 30.4 Å². The molecule has 8 heteroatoms. The van der Waals surface area contributed by atoms with Crippen molar-refractivity contribution in [2.75, 3.05) is 18.8 Å². The Balaban J connectivity index is 1.33. The molecule has 186 valence electrons. The van der Waals surface area contributed by atoms with Crippen molar-refractivity contribution in [3.05, 3.63) is 71.5 Å². The lowest BCUT2D eigenvalue weighted by Crippen LogP contribution is -2.32. The third-order valence-electron chi connectivity index (χ3n) is 6.83. The van der Waals surface area contributed by atoms with Crippen LogP contribution < -0.4 is 16.4 Å². The molecule has 0 radical (unpaired) electrons. The monoisotopic (exact) mass is 483 g/mol. The van der Waals surface area contributed by atoms with E-state index in [9.17, 15) is 4.79 Å². The molecular weight excluding hydrogens is 450 g/mol. The predicted octanol–water partition coefficient (Wildman–Crippen LogP) is 4.23. The molecule has 5 rings (SSSR count). The number of rotatable bonds is 5. The van der Waals surface area contributed by atoms with Gasteiger partial charge < -0.3 is 16.4 Å². The molecule has 1 fully saturated rings. The second-order valence-electron chi connectivity index (χ2n) is 10.5. The number of hydrogen-bond donors (Lipinski definition) is 3. The van der Waals surface area contributed by atoms with Crippen LogP contribution in [0.25, 0.3) is 22.3 Å². The number of nitrogens with two attached hydrogens (primary N) is 1. The summed E-state index contributed by atoms with van der Waals surface area (Å²) in [5, 5.41) is 12.2. The summed E-state index contributed by atoms with van der Waals surface area (Å²) in [5.41, 5.74) is 11.7. The minimum Gasteiger partial charge on any atom is -0.383 e. The molecule has 1 aliphatic rings. The van der Waals surface area contributed by atoms with Gasteiger partial charge in [0.05, 0.1) is 11.4 Å². The lowest BCUT2D eigenvalue weighted by Gasteiger charge is -2.23. The van der Waals surface area contributed by atoms with E-state index in [1.54, 1.807) is 0 Å². The number of amides is 1. The third kappa shape index (κ3) is 4.81. The average molecular weight is 484 g/mol. The zero-order valence-corrected chi connectivity index (χ0v) is 21.1. The first kappa shape index (κ1) is 23.9. The van der Waals surface area contributed by atoms with E-state index in [4.69, 9.17) is 10.8 Å². The Kier molecular flexibility index (Phi) is 6.45. The van der Waals surface area contributed by atoms with Crippen LogP contribution in [0.2, 0.25) is 0 Å². The van der Waals surface area contributed by atoms with Gasteiger partial charge in [-0.1, -0.05) is 57.2 Å². The van der Waals surface area contributed by atoms with E-state index in [0.717, 1.165) is 53.8 Å². The highest BCUT2D eigenvalue weighted by atomic mass is 16.1. The van der Waals surface area contributed by atoms with E-state index >= 15 is 0 Å². The fourth-order valence-corrected chi connectivity index (χ4v) is 4.68. The van der Waals surface area contributed by atoms with Gasteiger partial charge in [-0.05, 0) is 48.1 Å². The standard InChI is InChI=1S/C28H33N7O/c1-28(2,3)21-12-10-20(11-13-21)27(36)31-15-18-6-8-19(9-7-18)24-23-25(29)32-17-33-26(23)35(34-24)22-5-4-14-30-16-22/h6-13,17,22,30H,4-5,14-16H2,1-3H3,(H,31,36)(H2,29,32,33)/t22-/m1/s1. The van der Waals surface area contributed by atoms with Crippen LogP contribution in [0.1, 0.15) is 61.1 Å². The van der Waals surface area contributed by atoms with E-state index < -0.39 is 0 Å². The fourth-order valence-electron chi connectivity index (χ4n) is 4.68. The summed E-state index contributed by atoms with van der Waals surface area (Å²) in [6.07, 6.45) is 3.64. The molecule has 0 unspecified atom stereocenters. The molecule has 4 N–H and O–H groups in total. The first-order chi connectivity index (χ1) is 17.3. The molecule has 1 amide bonds. The number of carbonyl (C=O) groups is 1. The summed E-state index contributed by atoms with van der Waals surface area (Å²) in [4.78, 5) is 21.4. The molecule has 36 heavy (non-hydrogen) atoms. The molecule has 8 nitrogen and oxygen atoms in total. The summed E-state index contributed by atoms with van der Waals surface area (Å²) in [6.45, 7) is 8.81. The van der Waals surface area contributed by atoms with Crippen molar-refractivity contribution < 1.29 is 4.79 Å². The van der Waals surface area contributed by atoms with Gasteiger partial charge in [0.15, 0.2) is 5.65 Å². The van der Waals surface area contributed by atoms with Gasteiger partial charge in [0.25, 0.3) is 5.91 Å². The van der Waals surface area contributed by atoms with Crippen molar-refractivity contribution in [3.8, 4) is 11.3 Å². The number of carbonyl (C=O) groups excluding carboxylic acids is 1. The molecular formula is C28H33N7O. The van der Waals surface area contributed by atoms with Gasteiger partial charge in [0.1, 0.15) is 17.8 Å². The first-order valence-electron chi connectivity index (χ1n) is 12.5. The van der Waals surface area contributed by atoms with Crippen molar-refractivity contribution in [2.24, 2.45) is 0 Å². The Hall–Kier alpha value is -3.78. The normalized spacial score (nSPS) is 16.2. The van der Waals surface area contributed by atoms with Gasteiger partial charge in [-0.15, -0.1) is 0 Å². The molecule has 3 heterocycles. The van der Waals surface area contributed by atoms with Gasteiger partial charge >= 0.3 is 0 Å². The lowest BCUT2D eigenvalue weighted by molar-refractivity contribution is 0.0951. The van der Waals surface area contributed by atoms with Crippen molar-refractivity contribution in [3.63, 3.8) is 0 Å². The molecule has 0 aliphatic carbocycles. The number of nitrogens with zero attached hydrogens (tertiary/aromatic N) is 4. The zero-order chi connectivity index (χ0) is 25.3. The van der Waals surface area contributed by atoms with E-state index in [-0.39, 0.29) is 17.4 Å². The Morgan fingerprint density at radius 1 is 1.11 bits per heavy atom. The number of fused-ring (bicyclic) bond motifs is 1. The van der Waals surface area contributed by atoms with Crippen LogP contribution in [0, 0.1) is 0 Å². The molecule has 1 saturated heterocycles. The quantitative estimate of drug-likeness (QED) is 0.392. The molecule has 0 saturated carbocycles. The van der Waals surface area contributed by atoms with Crippen LogP contribution in [0.15, 0.2) is 54.9 Å². The predicted molar refractivity (Wildman–Crippen MR) is 143 cm³/mol. The summed E-state index contributed by atoms with van der Waals surface area (Å²) in [6, 6.07) is 16.1. The van der Waals surface area contributed by atoms with Gasteiger partial charge in [0.2, 0.25) is 0 Å². The number of piperidine rings is 1. The molecule has 2 aromatic carbocycles. The minimum absolute atomic E-state index is 0.0575. The maximum atomic E-state index is 12.6. The Bertz CT molecular complexity index is 1360. The van der Waals surface area contributed by atoms with Gasteiger partial charge in [0, 0.05) is 24.2 Å². The van der Waals surface area contributed by atoms with Crippen molar-refractivity contribution >= 4 is 22.8 Å². The van der Waals surface area contributed by atoms with Gasteiger partial charge in [-0.2, -0.15) is 5.10 Å². The first-order valence-corrected chi connectivity index (χ1v) is 12.5. The number of aromatic nitrogens is 4. The van der Waals surface area contributed by atoms with Crippen LogP contribution in [-0.4, -0.2) is 38.7 Å². The highest BCUT2D eigenvalue weighted by molar-refractivity contribution is 5.98. The number of nitrogens with one attached hydrogen (secondary N) is 2. The maximum absolute atomic E-state index is 12.6. The van der Waals surface area contributed by atoms with Crippen molar-refractivity contribution in [1.29, 1.82) is 0 Å². The van der Waals surface area contributed by atoms with E-state index in [0.29, 0.717) is 17.9 Å². The molecule has 0 spiro atoms. The smallest absolute Gasteiger partial charge is 0.251 e. The highest BCUT2D eigenvalue weighted by Gasteiger charge is 2.23. The number of nitrogen functional groups attached to an aromatic ring is 1. The number of hydrogen-bond acceptors (Lipinski definition) is 6. The third-order valence-corrected chi connectivity index (χ3v) is 6.83. The fraction of sp³-hybridized carbons (Fsp3) is 0.357. The Morgan fingerprint density at radius 2 is 1.86 bits per heavy atom. The van der Waals surface area contributed by atoms with E-state index in [1.807, 2.05) is 53.2 Å². The topological polar surface area (TPSA) is 111 Å². The summed E-state index contributed by atoms with van der Waals surface area (Å²) >= 11 is 0. The average Bonchev–Trinajstić information content (AvgIpc) is 3.29. The SMILES string of the molecule is CC(C)(C)c1ccc(C(=O)NCc2ccc(-c3nn([C@@H]4CCCNC4)c4ncnc(N)c34)cc2)cc1. The van der Waals surface area contributed by atoms with Crippen LogP contribution in [0.3, 0.4) is 0 Å².